The lowest BCUT2D eigenvalue weighted by Gasteiger charge is -2.44. The monoisotopic (exact) mass is 325 g/mol. The third kappa shape index (κ3) is 2.72. The highest BCUT2D eigenvalue weighted by atomic mass is 16.2. The SMILES string of the molecule is Cc1cc2ncn(CC(=O)N3CCC[C@@H]4CCCC[C@@H]43)c2cc1C. The number of fused-ring (bicyclic) bond motifs is 2. The molecule has 0 spiro atoms. The molecule has 1 aliphatic carbocycles. The number of hydrogen-bond acceptors (Lipinski definition) is 2. The van der Waals surface area contributed by atoms with Gasteiger partial charge in [-0.1, -0.05) is 12.8 Å². The smallest absolute Gasteiger partial charge is 0.242 e. The van der Waals surface area contributed by atoms with Crippen LogP contribution < -0.4 is 0 Å². The Hall–Kier alpha value is -1.84. The van der Waals surface area contributed by atoms with Crippen LogP contribution in [0.5, 0.6) is 0 Å². The molecule has 1 amide bonds. The molecule has 2 heterocycles. The highest BCUT2D eigenvalue weighted by Crippen LogP contribution is 2.35. The quantitative estimate of drug-likeness (QED) is 0.841. The van der Waals surface area contributed by atoms with E-state index >= 15 is 0 Å². The van der Waals surface area contributed by atoms with Crippen molar-refractivity contribution in [2.24, 2.45) is 5.92 Å². The molecule has 0 N–H and O–H groups in total. The number of piperidine rings is 1. The van der Waals surface area contributed by atoms with Crippen molar-refractivity contribution in [3.8, 4) is 0 Å². The first kappa shape index (κ1) is 15.7. The van der Waals surface area contributed by atoms with Gasteiger partial charge < -0.3 is 9.47 Å². The molecule has 128 valence electrons. The molecule has 2 atom stereocenters. The van der Waals surface area contributed by atoms with Gasteiger partial charge in [-0.25, -0.2) is 4.98 Å². The van der Waals surface area contributed by atoms with Crippen LogP contribution in [0.4, 0.5) is 0 Å². The third-order valence-corrected chi connectivity index (χ3v) is 6.11. The fraction of sp³-hybridized carbons (Fsp3) is 0.600. The van der Waals surface area contributed by atoms with Gasteiger partial charge in [-0.3, -0.25) is 4.79 Å². The molecule has 2 fully saturated rings. The molecular formula is C20H27N3O. The Kier molecular flexibility index (Phi) is 4.07. The minimum atomic E-state index is 0.268. The molecule has 4 nitrogen and oxygen atoms in total. The Balaban J connectivity index is 1.56. The molecule has 1 saturated heterocycles. The minimum absolute atomic E-state index is 0.268. The number of rotatable bonds is 2. The normalized spacial score (nSPS) is 24.2. The predicted molar refractivity (Wildman–Crippen MR) is 95.9 cm³/mol. The summed E-state index contributed by atoms with van der Waals surface area (Å²) in [5.74, 6) is 1.00. The van der Waals surface area contributed by atoms with Gasteiger partial charge in [-0.2, -0.15) is 0 Å². The van der Waals surface area contributed by atoms with Crippen LogP contribution in [0.1, 0.15) is 49.7 Å². The van der Waals surface area contributed by atoms with Crippen molar-refractivity contribution < 1.29 is 4.79 Å². The van der Waals surface area contributed by atoms with E-state index in [1.165, 1.54) is 43.2 Å². The van der Waals surface area contributed by atoms with E-state index in [0.717, 1.165) is 29.9 Å². The van der Waals surface area contributed by atoms with Crippen molar-refractivity contribution in [1.29, 1.82) is 0 Å². The van der Waals surface area contributed by atoms with Gasteiger partial charge in [0.15, 0.2) is 0 Å². The Morgan fingerprint density at radius 1 is 1.12 bits per heavy atom. The number of aryl methyl sites for hydroxylation is 2. The van der Waals surface area contributed by atoms with E-state index in [0.29, 0.717) is 12.6 Å². The number of benzene rings is 1. The number of hydrogen-bond donors (Lipinski definition) is 0. The predicted octanol–water partition coefficient (Wildman–Crippen LogP) is 3.83. The second-order valence-electron chi connectivity index (χ2n) is 7.64. The number of likely N-dealkylation sites (tertiary alicyclic amines) is 1. The Morgan fingerprint density at radius 2 is 1.88 bits per heavy atom. The summed E-state index contributed by atoms with van der Waals surface area (Å²) in [6, 6.07) is 4.76. The van der Waals surface area contributed by atoms with E-state index in [9.17, 15) is 4.79 Å². The van der Waals surface area contributed by atoms with Crippen LogP contribution >= 0.6 is 0 Å². The van der Waals surface area contributed by atoms with Crippen LogP contribution in [-0.4, -0.2) is 32.9 Å². The van der Waals surface area contributed by atoms with Crippen LogP contribution in [0.25, 0.3) is 11.0 Å². The number of carbonyl (C=O) groups is 1. The zero-order valence-electron chi connectivity index (χ0n) is 14.8. The Morgan fingerprint density at radius 3 is 2.75 bits per heavy atom. The first-order valence-corrected chi connectivity index (χ1v) is 9.35. The third-order valence-electron chi connectivity index (χ3n) is 6.11. The minimum Gasteiger partial charge on any atom is -0.338 e. The maximum Gasteiger partial charge on any atom is 0.242 e. The average molecular weight is 325 g/mol. The average Bonchev–Trinajstić information content (AvgIpc) is 2.96. The van der Waals surface area contributed by atoms with E-state index in [1.807, 2.05) is 10.9 Å². The number of aromatic nitrogens is 2. The largest absolute Gasteiger partial charge is 0.338 e. The molecule has 1 aliphatic heterocycles. The molecule has 1 aromatic heterocycles. The molecule has 2 aliphatic rings. The van der Waals surface area contributed by atoms with Gasteiger partial charge in [0.1, 0.15) is 6.54 Å². The summed E-state index contributed by atoms with van der Waals surface area (Å²) in [7, 11) is 0. The zero-order valence-corrected chi connectivity index (χ0v) is 14.8. The fourth-order valence-electron chi connectivity index (χ4n) is 4.61. The summed E-state index contributed by atoms with van der Waals surface area (Å²) in [6.07, 6.45) is 9.41. The lowest BCUT2D eigenvalue weighted by Crippen LogP contribution is -2.50. The van der Waals surface area contributed by atoms with Crippen molar-refractivity contribution in [3.05, 3.63) is 29.6 Å². The molecule has 0 bridgehead atoms. The van der Waals surface area contributed by atoms with Crippen LogP contribution in [-0.2, 0) is 11.3 Å². The molecule has 1 saturated carbocycles. The summed E-state index contributed by atoms with van der Waals surface area (Å²) < 4.78 is 2.02. The number of nitrogens with zero attached hydrogens (tertiary/aromatic N) is 3. The molecule has 24 heavy (non-hydrogen) atoms. The molecule has 4 heteroatoms. The van der Waals surface area contributed by atoms with Crippen LogP contribution in [0.3, 0.4) is 0 Å². The fourth-order valence-corrected chi connectivity index (χ4v) is 4.61. The standard InChI is InChI=1S/C20H27N3O/c1-14-10-17-19(11-15(14)2)22(13-21-17)12-20(24)23-9-5-7-16-6-3-4-8-18(16)23/h10-11,13,16,18H,3-9,12H2,1-2H3/t16-,18-/m0/s1. The van der Waals surface area contributed by atoms with E-state index in [2.05, 4.69) is 35.9 Å². The van der Waals surface area contributed by atoms with Gasteiger partial charge in [0.25, 0.3) is 0 Å². The highest BCUT2D eigenvalue weighted by Gasteiger charge is 2.35. The first-order valence-electron chi connectivity index (χ1n) is 9.35. The Bertz CT molecular complexity index is 762. The highest BCUT2D eigenvalue weighted by molar-refractivity contribution is 5.81. The second-order valence-corrected chi connectivity index (χ2v) is 7.64. The molecule has 2 aromatic rings. The second kappa shape index (κ2) is 6.23. The van der Waals surface area contributed by atoms with Crippen molar-refractivity contribution in [2.75, 3.05) is 6.54 Å². The molecule has 4 rings (SSSR count). The van der Waals surface area contributed by atoms with Gasteiger partial charge in [0, 0.05) is 12.6 Å². The molecule has 1 aromatic carbocycles. The van der Waals surface area contributed by atoms with E-state index < -0.39 is 0 Å². The summed E-state index contributed by atoms with van der Waals surface area (Å²) in [6.45, 7) is 5.58. The lowest BCUT2D eigenvalue weighted by atomic mass is 9.78. The van der Waals surface area contributed by atoms with Gasteiger partial charge >= 0.3 is 0 Å². The van der Waals surface area contributed by atoms with Gasteiger partial charge in [0.05, 0.1) is 17.4 Å². The summed E-state index contributed by atoms with van der Waals surface area (Å²) in [5.41, 5.74) is 4.56. The van der Waals surface area contributed by atoms with Gasteiger partial charge in [0.2, 0.25) is 5.91 Å². The number of imidazole rings is 1. The van der Waals surface area contributed by atoms with Gasteiger partial charge in [-0.05, 0) is 68.7 Å². The number of amides is 1. The van der Waals surface area contributed by atoms with E-state index in [1.54, 1.807) is 0 Å². The maximum absolute atomic E-state index is 13.0. The van der Waals surface area contributed by atoms with Crippen molar-refractivity contribution in [1.82, 2.24) is 14.5 Å². The maximum atomic E-state index is 13.0. The molecule has 0 unspecified atom stereocenters. The van der Waals surface area contributed by atoms with E-state index in [4.69, 9.17) is 0 Å². The molecule has 0 radical (unpaired) electrons. The van der Waals surface area contributed by atoms with Crippen LogP contribution in [0.2, 0.25) is 0 Å². The topological polar surface area (TPSA) is 38.1 Å². The van der Waals surface area contributed by atoms with Gasteiger partial charge in [-0.15, -0.1) is 0 Å². The van der Waals surface area contributed by atoms with Crippen molar-refractivity contribution >= 4 is 16.9 Å². The lowest BCUT2D eigenvalue weighted by molar-refractivity contribution is -0.138. The first-order chi connectivity index (χ1) is 11.6. The van der Waals surface area contributed by atoms with Crippen molar-refractivity contribution in [2.45, 2.75) is 65.0 Å². The summed E-state index contributed by atoms with van der Waals surface area (Å²) >= 11 is 0. The molecular weight excluding hydrogens is 298 g/mol. The number of carbonyl (C=O) groups excluding carboxylic acids is 1. The van der Waals surface area contributed by atoms with E-state index in [-0.39, 0.29) is 5.91 Å². The van der Waals surface area contributed by atoms with Crippen LogP contribution in [0, 0.1) is 19.8 Å². The summed E-state index contributed by atoms with van der Waals surface area (Å²) in [5, 5.41) is 0. The summed E-state index contributed by atoms with van der Waals surface area (Å²) in [4.78, 5) is 19.7. The zero-order chi connectivity index (χ0) is 16.7. The Labute approximate surface area is 143 Å². The van der Waals surface area contributed by atoms with Crippen molar-refractivity contribution in [3.63, 3.8) is 0 Å². The van der Waals surface area contributed by atoms with Crippen LogP contribution in [0.15, 0.2) is 18.5 Å².